The van der Waals surface area contributed by atoms with E-state index in [1.165, 1.54) is 0 Å². The van der Waals surface area contributed by atoms with Gasteiger partial charge in [0.1, 0.15) is 0 Å². The summed E-state index contributed by atoms with van der Waals surface area (Å²) in [6, 6.07) is 25.6. The van der Waals surface area contributed by atoms with Crippen molar-refractivity contribution in [3.8, 4) is 11.1 Å². The Bertz CT molecular complexity index is 1000. The number of carbonyl (C=O) groups excluding carboxylic acids is 1. The first-order valence-electron chi connectivity index (χ1n) is 9.25. The molecule has 0 bridgehead atoms. The van der Waals surface area contributed by atoms with Gasteiger partial charge in [0, 0.05) is 25.1 Å². The van der Waals surface area contributed by atoms with Gasteiger partial charge in [0.15, 0.2) is 0 Å². The summed E-state index contributed by atoms with van der Waals surface area (Å²) in [5.41, 5.74) is 5.00. The van der Waals surface area contributed by atoms with Crippen LogP contribution >= 0.6 is 0 Å². The Morgan fingerprint density at radius 1 is 0.857 bits per heavy atom. The number of carbonyl (C=O) groups is 1. The van der Waals surface area contributed by atoms with Crippen LogP contribution in [0, 0.1) is 6.92 Å². The topological polar surface area (TPSA) is 32.8 Å². The molecule has 1 atom stereocenters. The van der Waals surface area contributed by atoms with Crippen molar-refractivity contribution in [2.45, 2.75) is 13.3 Å². The van der Waals surface area contributed by atoms with Crippen LogP contribution in [0.1, 0.15) is 15.9 Å². The van der Waals surface area contributed by atoms with E-state index in [2.05, 4.69) is 31.2 Å². The number of hydrogen-bond acceptors (Lipinski definition) is 4. The molecule has 140 valence electrons. The van der Waals surface area contributed by atoms with Crippen LogP contribution < -0.4 is 4.90 Å². The van der Waals surface area contributed by atoms with E-state index >= 15 is 0 Å². The first-order valence-corrected chi connectivity index (χ1v) is 9.25. The second-order valence-corrected chi connectivity index (χ2v) is 6.78. The summed E-state index contributed by atoms with van der Waals surface area (Å²) in [5, 5.41) is 0. The van der Waals surface area contributed by atoms with E-state index in [0.717, 1.165) is 22.4 Å². The van der Waals surface area contributed by atoms with Gasteiger partial charge in [-0.1, -0.05) is 60.7 Å². The molecule has 3 aromatic carbocycles. The summed E-state index contributed by atoms with van der Waals surface area (Å²) in [7, 11) is 1.90. The van der Waals surface area contributed by atoms with Gasteiger partial charge in [-0.15, -0.1) is 0 Å². The molecule has 1 heterocycles. The largest absolute Gasteiger partial charge is 0.418 e. The summed E-state index contributed by atoms with van der Waals surface area (Å²) in [6.07, 6.45) is 3.33. The highest BCUT2D eigenvalue weighted by Crippen LogP contribution is 2.34. The predicted molar refractivity (Wildman–Crippen MR) is 112 cm³/mol. The van der Waals surface area contributed by atoms with Gasteiger partial charge in [-0.2, -0.15) is 0 Å². The SMILES string of the molecule is Cc1c(-c2ccccc2)cccc1N1C=CN(C)C1OC(=O)c1ccccc1. The van der Waals surface area contributed by atoms with E-state index in [0.29, 0.717) is 5.56 Å². The minimum Gasteiger partial charge on any atom is -0.418 e. The monoisotopic (exact) mass is 370 g/mol. The zero-order valence-electron chi connectivity index (χ0n) is 15.9. The molecule has 3 aromatic rings. The summed E-state index contributed by atoms with van der Waals surface area (Å²) in [5.74, 6) is -0.344. The quantitative estimate of drug-likeness (QED) is 0.603. The number of rotatable bonds is 4. The van der Waals surface area contributed by atoms with Crippen LogP contribution in [0.15, 0.2) is 91.3 Å². The van der Waals surface area contributed by atoms with Gasteiger partial charge in [-0.05, 0) is 41.8 Å². The van der Waals surface area contributed by atoms with Gasteiger partial charge in [0.25, 0.3) is 6.35 Å². The standard InChI is InChI=1S/C24H22N2O2/c1-18-21(19-10-5-3-6-11-19)14-9-15-22(18)26-17-16-25(2)24(26)28-23(27)20-12-7-4-8-13-20/h3-17,24H,1-2H3. The van der Waals surface area contributed by atoms with Crippen molar-refractivity contribution in [1.29, 1.82) is 0 Å². The molecule has 1 unspecified atom stereocenters. The van der Waals surface area contributed by atoms with Crippen molar-refractivity contribution in [3.63, 3.8) is 0 Å². The highest BCUT2D eigenvalue weighted by atomic mass is 16.6. The van der Waals surface area contributed by atoms with Crippen LogP contribution in [0.3, 0.4) is 0 Å². The van der Waals surface area contributed by atoms with Crippen molar-refractivity contribution in [1.82, 2.24) is 4.90 Å². The molecule has 0 N–H and O–H groups in total. The average Bonchev–Trinajstić information content (AvgIpc) is 3.09. The third-order valence-corrected chi connectivity index (χ3v) is 4.94. The van der Waals surface area contributed by atoms with Crippen molar-refractivity contribution in [2.24, 2.45) is 0 Å². The number of nitrogens with zero attached hydrogens (tertiary/aromatic N) is 2. The molecule has 0 spiro atoms. The second-order valence-electron chi connectivity index (χ2n) is 6.78. The van der Waals surface area contributed by atoms with Crippen LogP contribution in [0.4, 0.5) is 5.69 Å². The Morgan fingerprint density at radius 3 is 2.25 bits per heavy atom. The molecule has 4 rings (SSSR count). The number of benzene rings is 3. The Kier molecular flexibility index (Phi) is 4.85. The van der Waals surface area contributed by atoms with Gasteiger partial charge < -0.3 is 9.64 Å². The van der Waals surface area contributed by atoms with Gasteiger partial charge >= 0.3 is 5.97 Å². The van der Waals surface area contributed by atoms with Gasteiger partial charge in [-0.25, -0.2) is 4.79 Å². The zero-order chi connectivity index (χ0) is 19.5. The predicted octanol–water partition coefficient (Wildman–Crippen LogP) is 5.03. The number of hydrogen-bond donors (Lipinski definition) is 0. The Balaban J connectivity index is 1.64. The molecule has 1 aliphatic rings. The minimum absolute atomic E-state index is 0.344. The molecule has 28 heavy (non-hydrogen) atoms. The minimum atomic E-state index is -0.530. The molecular formula is C24H22N2O2. The highest BCUT2D eigenvalue weighted by Gasteiger charge is 2.30. The summed E-state index contributed by atoms with van der Waals surface area (Å²) < 4.78 is 5.83. The van der Waals surface area contributed by atoms with Crippen molar-refractivity contribution >= 4 is 11.7 Å². The molecular weight excluding hydrogens is 348 g/mol. The molecule has 0 saturated carbocycles. The first-order chi connectivity index (χ1) is 13.6. The molecule has 0 aromatic heterocycles. The fraction of sp³-hybridized carbons (Fsp3) is 0.125. The normalized spacial score (nSPS) is 15.7. The average molecular weight is 370 g/mol. The van der Waals surface area contributed by atoms with E-state index < -0.39 is 6.35 Å². The van der Waals surface area contributed by atoms with Gasteiger partial charge in [-0.3, -0.25) is 4.90 Å². The maximum absolute atomic E-state index is 12.6. The Morgan fingerprint density at radius 2 is 1.54 bits per heavy atom. The maximum atomic E-state index is 12.6. The van der Waals surface area contributed by atoms with Gasteiger partial charge in [0.2, 0.25) is 0 Å². The third kappa shape index (κ3) is 3.37. The number of esters is 1. The van der Waals surface area contributed by atoms with Crippen LogP contribution in [0.25, 0.3) is 11.1 Å². The molecule has 1 aliphatic heterocycles. The summed E-state index contributed by atoms with van der Waals surface area (Å²) in [4.78, 5) is 16.5. The second kappa shape index (κ2) is 7.61. The van der Waals surface area contributed by atoms with E-state index in [4.69, 9.17) is 4.74 Å². The molecule has 4 nitrogen and oxygen atoms in total. The molecule has 0 saturated heterocycles. The van der Waals surface area contributed by atoms with Crippen LogP contribution in [0.2, 0.25) is 0 Å². The van der Waals surface area contributed by atoms with E-state index in [1.54, 1.807) is 12.1 Å². The molecule has 0 amide bonds. The van der Waals surface area contributed by atoms with Gasteiger partial charge in [0.05, 0.1) is 5.56 Å². The van der Waals surface area contributed by atoms with E-state index in [1.807, 2.05) is 71.7 Å². The third-order valence-electron chi connectivity index (χ3n) is 4.94. The summed E-state index contributed by atoms with van der Waals surface area (Å²) >= 11 is 0. The van der Waals surface area contributed by atoms with Crippen LogP contribution in [-0.2, 0) is 4.74 Å². The fourth-order valence-electron chi connectivity index (χ4n) is 3.43. The lowest BCUT2D eigenvalue weighted by atomic mass is 9.99. The van der Waals surface area contributed by atoms with Crippen molar-refractivity contribution < 1.29 is 9.53 Å². The first kappa shape index (κ1) is 17.9. The lowest BCUT2D eigenvalue weighted by molar-refractivity contribution is 0.000392. The molecule has 0 fully saturated rings. The number of anilines is 1. The number of ether oxygens (including phenoxy) is 1. The Labute approximate surface area is 165 Å². The molecule has 0 radical (unpaired) electrons. The molecule has 4 heteroatoms. The summed E-state index contributed by atoms with van der Waals surface area (Å²) in [6.45, 7) is 2.10. The Hall–Kier alpha value is -3.53. The van der Waals surface area contributed by atoms with Crippen LogP contribution in [0.5, 0.6) is 0 Å². The fourth-order valence-corrected chi connectivity index (χ4v) is 3.43. The zero-order valence-corrected chi connectivity index (χ0v) is 15.9. The lowest BCUT2D eigenvalue weighted by Crippen LogP contribution is -2.41. The lowest BCUT2D eigenvalue weighted by Gasteiger charge is -2.31. The van der Waals surface area contributed by atoms with E-state index in [-0.39, 0.29) is 5.97 Å². The van der Waals surface area contributed by atoms with Crippen molar-refractivity contribution in [3.05, 3.63) is 102 Å². The molecule has 0 aliphatic carbocycles. The maximum Gasteiger partial charge on any atom is 0.341 e. The highest BCUT2D eigenvalue weighted by molar-refractivity contribution is 5.89. The smallest absolute Gasteiger partial charge is 0.341 e. The van der Waals surface area contributed by atoms with Crippen molar-refractivity contribution in [2.75, 3.05) is 11.9 Å². The van der Waals surface area contributed by atoms with E-state index in [9.17, 15) is 4.79 Å². The van der Waals surface area contributed by atoms with Crippen LogP contribution in [-0.4, -0.2) is 24.3 Å².